The highest BCUT2D eigenvalue weighted by Gasteiger charge is 2.05. The second-order valence-electron chi connectivity index (χ2n) is 2.07. The summed E-state index contributed by atoms with van der Waals surface area (Å²) >= 11 is 0. The van der Waals surface area contributed by atoms with Gasteiger partial charge in [0.05, 0.1) is 17.6 Å². The summed E-state index contributed by atoms with van der Waals surface area (Å²) in [5.41, 5.74) is 16.3. The first kappa shape index (κ1) is 7.33. The van der Waals surface area contributed by atoms with E-state index in [1.165, 1.54) is 12.3 Å². The second kappa shape index (κ2) is 2.45. The monoisotopic (exact) mass is 152 g/mol. The molecule has 0 aliphatic carbocycles. The smallest absolute Gasteiger partial charge is 0.269 e. The van der Waals surface area contributed by atoms with Gasteiger partial charge in [0.2, 0.25) is 0 Å². The maximum absolute atomic E-state index is 10.6. The van der Waals surface area contributed by atoms with Crippen LogP contribution in [-0.2, 0) is 0 Å². The third-order valence-electron chi connectivity index (χ3n) is 1.17. The molecule has 0 spiro atoms. The Bertz CT molecular complexity index is 297. The van der Waals surface area contributed by atoms with E-state index in [1.54, 1.807) is 0 Å². The van der Waals surface area contributed by atoms with Crippen LogP contribution in [0.5, 0.6) is 0 Å². The maximum Gasteiger partial charge on any atom is 0.269 e. The van der Waals surface area contributed by atoms with Crippen LogP contribution < -0.4 is 17.2 Å². The predicted octanol–water partition coefficient (Wildman–Crippen LogP) is -0.655. The molecule has 11 heavy (non-hydrogen) atoms. The summed E-state index contributed by atoms with van der Waals surface area (Å²) in [5.74, 6) is -0.650. The summed E-state index contributed by atoms with van der Waals surface area (Å²) in [4.78, 5) is 14.2. The molecule has 0 saturated carbocycles. The molecule has 0 atom stereocenters. The Balaban J connectivity index is 3.20. The second-order valence-corrected chi connectivity index (χ2v) is 2.07. The van der Waals surface area contributed by atoms with E-state index in [2.05, 4.69) is 4.98 Å². The van der Waals surface area contributed by atoms with Crippen molar-refractivity contribution in [1.82, 2.24) is 4.98 Å². The number of rotatable bonds is 1. The number of carbonyl (C=O) groups is 1. The van der Waals surface area contributed by atoms with Crippen molar-refractivity contribution in [1.29, 1.82) is 0 Å². The van der Waals surface area contributed by atoms with Crippen molar-refractivity contribution in [2.45, 2.75) is 0 Å². The van der Waals surface area contributed by atoms with Crippen molar-refractivity contribution in [2.75, 3.05) is 11.5 Å². The predicted molar refractivity (Wildman–Crippen MR) is 41.6 cm³/mol. The van der Waals surface area contributed by atoms with Gasteiger partial charge in [-0.1, -0.05) is 0 Å². The number of hydrogen-bond donors (Lipinski definition) is 3. The lowest BCUT2D eigenvalue weighted by Gasteiger charge is -1.99. The fraction of sp³-hybridized carbons (Fsp3) is 0. The first-order valence-electron chi connectivity index (χ1n) is 2.92. The average Bonchev–Trinajstić information content (AvgIpc) is 1.85. The zero-order valence-corrected chi connectivity index (χ0v) is 5.74. The number of hydrogen-bond acceptors (Lipinski definition) is 4. The highest BCUT2D eigenvalue weighted by atomic mass is 16.1. The van der Waals surface area contributed by atoms with Crippen LogP contribution in [-0.4, -0.2) is 10.9 Å². The van der Waals surface area contributed by atoms with Crippen LogP contribution in [0.15, 0.2) is 12.3 Å². The molecule has 0 unspecified atom stereocenters. The molecule has 5 nitrogen and oxygen atoms in total. The van der Waals surface area contributed by atoms with Gasteiger partial charge in [-0.25, -0.2) is 4.98 Å². The lowest BCUT2D eigenvalue weighted by Crippen LogP contribution is -2.15. The molecule has 6 N–H and O–H groups in total. The molecule has 1 heterocycles. The highest BCUT2D eigenvalue weighted by Crippen LogP contribution is 2.10. The van der Waals surface area contributed by atoms with Crippen LogP contribution in [0, 0.1) is 0 Å². The van der Waals surface area contributed by atoms with Crippen molar-refractivity contribution >= 4 is 17.3 Å². The minimum absolute atomic E-state index is 0.0548. The maximum atomic E-state index is 10.6. The molecule has 0 aromatic carbocycles. The number of aromatic nitrogens is 1. The van der Waals surface area contributed by atoms with E-state index >= 15 is 0 Å². The van der Waals surface area contributed by atoms with Gasteiger partial charge in [-0.05, 0) is 6.07 Å². The van der Waals surface area contributed by atoms with E-state index in [9.17, 15) is 4.79 Å². The SMILES string of the molecule is NC(=O)c1ncc(N)cc1N. The Morgan fingerprint density at radius 3 is 2.55 bits per heavy atom. The van der Waals surface area contributed by atoms with Gasteiger partial charge in [0.15, 0.2) is 5.69 Å². The van der Waals surface area contributed by atoms with E-state index in [0.29, 0.717) is 5.69 Å². The van der Waals surface area contributed by atoms with Gasteiger partial charge in [0.1, 0.15) is 0 Å². The van der Waals surface area contributed by atoms with E-state index in [-0.39, 0.29) is 11.4 Å². The van der Waals surface area contributed by atoms with Gasteiger partial charge in [0.25, 0.3) is 5.91 Å². The zero-order valence-electron chi connectivity index (χ0n) is 5.74. The standard InChI is InChI=1S/C6H8N4O/c7-3-1-4(8)5(6(9)11)10-2-3/h1-2H,7-8H2,(H2,9,11). The van der Waals surface area contributed by atoms with Crippen molar-refractivity contribution in [2.24, 2.45) is 5.73 Å². The summed E-state index contributed by atoms with van der Waals surface area (Å²) in [5, 5.41) is 0. The van der Waals surface area contributed by atoms with Gasteiger partial charge < -0.3 is 17.2 Å². The topological polar surface area (TPSA) is 108 Å². The van der Waals surface area contributed by atoms with E-state index < -0.39 is 5.91 Å². The summed E-state index contributed by atoms with van der Waals surface area (Å²) in [6.07, 6.45) is 1.33. The zero-order chi connectivity index (χ0) is 8.43. The van der Waals surface area contributed by atoms with E-state index in [0.717, 1.165) is 0 Å². The van der Waals surface area contributed by atoms with Crippen molar-refractivity contribution in [3.63, 3.8) is 0 Å². The Morgan fingerprint density at radius 1 is 1.45 bits per heavy atom. The van der Waals surface area contributed by atoms with Gasteiger partial charge in [-0.3, -0.25) is 4.79 Å². The molecule has 1 rings (SSSR count). The normalized spacial score (nSPS) is 9.45. The summed E-state index contributed by atoms with van der Waals surface area (Å²) in [6.45, 7) is 0. The van der Waals surface area contributed by atoms with Gasteiger partial charge >= 0.3 is 0 Å². The van der Waals surface area contributed by atoms with Gasteiger partial charge in [-0.15, -0.1) is 0 Å². The van der Waals surface area contributed by atoms with Crippen LogP contribution in [0.4, 0.5) is 11.4 Å². The third kappa shape index (κ3) is 1.37. The fourth-order valence-corrected chi connectivity index (χ4v) is 0.705. The molecule has 0 saturated heterocycles. The number of anilines is 2. The molecular weight excluding hydrogens is 144 g/mol. The molecule has 5 heteroatoms. The van der Waals surface area contributed by atoms with Crippen LogP contribution in [0.2, 0.25) is 0 Å². The number of carbonyl (C=O) groups excluding carboxylic acids is 1. The first-order valence-corrected chi connectivity index (χ1v) is 2.92. The van der Waals surface area contributed by atoms with Gasteiger partial charge in [0, 0.05) is 0 Å². The lowest BCUT2D eigenvalue weighted by atomic mass is 10.3. The molecular formula is C6H8N4O. The van der Waals surface area contributed by atoms with Crippen LogP contribution in [0.3, 0.4) is 0 Å². The van der Waals surface area contributed by atoms with E-state index in [4.69, 9.17) is 17.2 Å². The molecule has 1 amide bonds. The number of nitrogen functional groups attached to an aromatic ring is 2. The Hall–Kier alpha value is -1.78. The quantitative estimate of drug-likeness (QED) is 0.496. The number of primary amides is 1. The lowest BCUT2D eigenvalue weighted by molar-refractivity contribution is 0.0996. The largest absolute Gasteiger partial charge is 0.397 e. The third-order valence-corrected chi connectivity index (χ3v) is 1.17. The molecule has 0 aliphatic heterocycles. The number of nitrogens with two attached hydrogens (primary N) is 3. The molecule has 1 aromatic heterocycles. The minimum Gasteiger partial charge on any atom is -0.397 e. The number of nitrogens with zero attached hydrogens (tertiary/aromatic N) is 1. The van der Waals surface area contributed by atoms with Crippen LogP contribution in [0.25, 0.3) is 0 Å². The number of pyridine rings is 1. The molecule has 1 aromatic rings. The minimum atomic E-state index is -0.650. The average molecular weight is 152 g/mol. The summed E-state index contributed by atoms with van der Waals surface area (Å²) < 4.78 is 0. The van der Waals surface area contributed by atoms with Crippen LogP contribution >= 0.6 is 0 Å². The molecule has 0 radical (unpaired) electrons. The Kier molecular flexibility index (Phi) is 1.63. The molecule has 0 bridgehead atoms. The summed E-state index contributed by atoms with van der Waals surface area (Å²) in [6, 6.07) is 1.44. The van der Waals surface area contributed by atoms with Crippen molar-refractivity contribution in [3.8, 4) is 0 Å². The molecule has 0 aliphatic rings. The highest BCUT2D eigenvalue weighted by molar-refractivity contribution is 5.96. The van der Waals surface area contributed by atoms with Gasteiger partial charge in [-0.2, -0.15) is 0 Å². The molecule has 0 fully saturated rings. The Labute approximate surface area is 63.2 Å². The van der Waals surface area contributed by atoms with Crippen molar-refractivity contribution < 1.29 is 4.79 Å². The fourth-order valence-electron chi connectivity index (χ4n) is 0.705. The van der Waals surface area contributed by atoms with Crippen LogP contribution in [0.1, 0.15) is 10.5 Å². The first-order chi connectivity index (χ1) is 5.11. The van der Waals surface area contributed by atoms with E-state index in [1.807, 2.05) is 0 Å². The number of amides is 1. The summed E-state index contributed by atoms with van der Waals surface area (Å²) in [7, 11) is 0. The molecule has 58 valence electrons. The Morgan fingerprint density at radius 2 is 2.09 bits per heavy atom. The van der Waals surface area contributed by atoms with Crippen molar-refractivity contribution in [3.05, 3.63) is 18.0 Å².